The van der Waals surface area contributed by atoms with Gasteiger partial charge in [0.15, 0.2) is 17.4 Å². The molecule has 0 bridgehead atoms. The molecule has 8 nitrogen and oxygen atoms in total. The Kier molecular flexibility index (Phi) is 5.35. The van der Waals surface area contributed by atoms with Gasteiger partial charge < -0.3 is 19.3 Å². The molecule has 1 spiro atoms. The standard InChI is InChI=1S/C26H27ClF2N6O2/c1-36-23-8-22(19(28)7-20(23)29)33-12-26(13-33)14-34(15-26)25-31-30-24-10-32(18-4-5-37-11-18)9-16-6-17(27)2-3-21(16)35(24)25/h2-3,6-8,18H,4-5,9-15H2,1H3/t18-/m0/s1. The minimum Gasteiger partial charge on any atom is -0.494 e. The molecular weight excluding hydrogens is 502 g/mol. The lowest BCUT2D eigenvalue weighted by molar-refractivity contribution is 0.133. The summed E-state index contributed by atoms with van der Waals surface area (Å²) in [7, 11) is 1.38. The van der Waals surface area contributed by atoms with E-state index in [2.05, 4.69) is 24.6 Å². The molecule has 5 heterocycles. The fraction of sp³-hybridized carbons (Fsp3) is 0.462. The van der Waals surface area contributed by atoms with E-state index in [0.717, 1.165) is 68.4 Å². The van der Waals surface area contributed by atoms with E-state index >= 15 is 0 Å². The lowest BCUT2D eigenvalue weighted by atomic mass is 9.72. The lowest BCUT2D eigenvalue weighted by Gasteiger charge is -2.61. The highest BCUT2D eigenvalue weighted by atomic mass is 35.5. The van der Waals surface area contributed by atoms with Crippen molar-refractivity contribution in [2.45, 2.75) is 25.6 Å². The summed E-state index contributed by atoms with van der Waals surface area (Å²) in [5, 5.41) is 9.92. The van der Waals surface area contributed by atoms with E-state index in [4.69, 9.17) is 21.1 Å². The largest absolute Gasteiger partial charge is 0.494 e. The maximum absolute atomic E-state index is 14.5. The van der Waals surface area contributed by atoms with Crippen LogP contribution in [0, 0.1) is 17.0 Å². The molecule has 0 amide bonds. The minimum atomic E-state index is -0.693. The number of hydrogen-bond donors (Lipinski definition) is 0. The van der Waals surface area contributed by atoms with Gasteiger partial charge in [-0.15, -0.1) is 10.2 Å². The molecule has 3 saturated heterocycles. The van der Waals surface area contributed by atoms with Gasteiger partial charge in [-0.1, -0.05) is 11.6 Å². The number of anilines is 2. The normalized spacial score (nSPS) is 22.3. The summed E-state index contributed by atoms with van der Waals surface area (Å²) in [4.78, 5) is 6.59. The second-order valence-corrected chi connectivity index (χ2v) is 11.0. The van der Waals surface area contributed by atoms with Crippen molar-refractivity contribution in [2.24, 2.45) is 5.41 Å². The van der Waals surface area contributed by atoms with Crippen molar-refractivity contribution in [2.75, 3.05) is 56.3 Å². The third-order valence-electron chi connectivity index (χ3n) is 8.09. The molecule has 0 radical (unpaired) electrons. The Morgan fingerprint density at radius 2 is 1.81 bits per heavy atom. The van der Waals surface area contributed by atoms with Crippen LogP contribution in [0.4, 0.5) is 20.4 Å². The van der Waals surface area contributed by atoms with Crippen LogP contribution in [0.3, 0.4) is 0 Å². The first-order chi connectivity index (χ1) is 17.9. The van der Waals surface area contributed by atoms with E-state index in [0.29, 0.717) is 36.4 Å². The number of ether oxygens (including phenoxy) is 2. The van der Waals surface area contributed by atoms with Crippen LogP contribution in [0.5, 0.6) is 5.75 Å². The highest BCUT2D eigenvalue weighted by Crippen LogP contribution is 2.45. The van der Waals surface area contributed by atoms with Gasteiger partial charge >= 0.3 is 0 Å². The molecule has 11 heteroatoms. The zero-order valence-electron chi connectivity index (χ0n) is 20.5. The van der Waals surface area contributed by atoms with Gasteiger partial charge in [-0.05, 0) is 30.2 Å². The third kappa shape index (κ3) is 3.76. The summed E-state index contributed by atoms with van der Waals surface area (Å²) >= 11 is 6.39. The summed E-state index contributed by atoms with van der Waals surface area (Å²) in [5.74, 6) is 0.513. The van der Waals surface area contributed by atoms with E-state index in [1.807, 2.05) is 23.1 Å². The van der Waals surface area contributed by atoms with Gasteiger partial charge in [-0.2, -0.15) is 0 Å². The van der Waals surface area contributed by atoms with Crippen LogP contribution in [0.2, 0.25) is 5.02 Å². The van der Waals surface area contributed by atoms with Crippen molar-refractivity contribution < 1.29 is 18.3 Å². The smallest absolute Gasteiger partial charge is 0.231 e. The second kappa shape index (κ2) is 8.54. The monoisotopic (exact) mass is 528 g/mol. The molecule has 7 rings (SSSR count). The number of nitrogens with zero attached hydrogens (tertiary/aromatic N) is 6. The third-order valence-corrected chi connectivity index (χ3v) is 8.32. The zero-order chi connectivity index (χ0) is 25.3. The number of hydrogen-bond acceptors (Lipinski definition) is 7. The van der Waals surface area contributed by atoms with Gasteiger partial charge in [0.25, 0.3) is 0 Å². The van der Waals surface area contributed by atoms with E-state index in [-0.39, 0.29) is 11.2 Å². The first-order valence-electron chi connectivity index (χ1n) is 12.5. The maximum Gasteiger partial charge on any atom is 0.231 e. The number of halogens is 3. The molecular formula is C26H27ClF2N6O2. The fourth-order valence-corrected chi connectivity index (χ4v) is 6.44. The molecule has 37 heavy (non-hydrogen) atoms. The Balaban J connectivity index is 1.12. The molecule has 3 fully saturated rings. The fourth-order valence-electron chi connectivity index (χ4n) is 6.24. The lowest BCUT2D eigenvalue weighted by Crippen LogP contribution is -2.73. The van der Waals surface area contributed by atoms with Gasteiger partial charge in [-0.25, -0.2) is 8.78 Å². The number of methoxy groups -OCH3 is 1. The SMILES string of the molecule is COc1cc(N2CC3(C2)CN(c2nnc4n2-c2ccc(Cl)cc2CN([C@H]2CCOC2)C4)C3)c(F)cc1F. The van der Waals surface area contributed by atoms with Crippen LogP contribution in [-0.2, 0) is 17.8 Å². The topological polar surface area (TPSA) is 58.9 Å². The first-order valence-corrected chi connectivity index (χ1v) is 12.9. The number of aromatic nitrogens is 3. The molecule has 1 atom stereocenters. The Morgan fingerprint density at radius 1 is 1.00 bits per heavy atom. The first kappa shape index (κ1) is 23.2. The van der Waals surface area contributed by atoms with E-state index < -0.39 is 11.6 Å². The Bertz CT molecular complexity index is 1360. The molecule has 0 N–H and O–H groups in total. The van der Waals surface area contributed by atoms with Gasteiger partial charge in [0.05, 0.1) is 31.6 Å². The number of fused-ring (bicyclic) bond motifs is 3. The molecule has 0 unspecified atom stereocenters. The average Bonchev–Trinajstić information content (AvgIpc) is 3.46. The van der Waals surface area contributed by atoms with Crippen molar-refractivity contribution in [3.05, 3.63) is 58.4 Å². The van der Waals surface area contributed by atoms with Crippen LogP contribution in [0.1, 0.15) is 17.8 Å². The highest BCUT2D eigenvalue weighted by molar-refractivity contribution is 6.30. The Labute approximate surface area is 218 Å². The van der Waals surface area contributed by atoms with Crippen molar-refractivity contribution >= 4 is 23.2 Å². The molecule has 3 aromatic rings. The van der Waals surface area contributed by atoms with E-state index in [1.54, 1.807) is 0 Å². The van der Waals surface area contributed by atoms with Gasteiger partial charge in [0.2, 0.25) is 5.95 Å². The van der Waals surface area contributed by atoms with Gasteiger partial charge in [0.1, 0.15) is 5.82 Å². The van der Waals surface area contributed by atoms with E-state index in [1.165, 1.54) is 13.2 Å². The van der Waals surface area contributed by atoms with Crippen LogP contribution < -0.4 is 14.5 Å². The Morgan fingerprint density at radius 3 is 2.57 bits per heavy atom. The van der Waals surface area contributed by atoms with Gasteiger partial charge in [-0.3, -0.25) is 9.47 Å². The van der Waals surface area contributed by atoms with Crippen molar-refractivity contribution in [1.82, 2.24) is 19.7 Å². The second-order valence-electron chi connectivity index (χ2n) is 10.6. The van der Waals surface area contributed by atoms with Crippen molar-refractivity contribution in [1.29, 1.82) is 0 Å². The van der Waals surface area contributed by atoms with Crippen LogP contribution >= 0.6 is 11.6 Å². The summed E-state index contributed by atoms with van der Waals surface area (Å²) < 4.78 is 41.2. The molecule has 0 saturated carbocycles. The average molecular weight is 529 g/mol. The van der Waals surface area contributed by atoms with Crippen LogP contribution in [0.25, 0.3) is 5.69 Å². The zero-order valence-corrected chi connectivity index (χ0v) is 21.2. The number of rotatable bonds is 4. The number of benzene rings is 2. The maximum atomic E-state index is 14.5. The molecule has 4 aliphatic rings. The van der Waals surface area contributed by atoms with E-state index in [9.17, 15) is 8.78 Å². The minimum absolute atomic E-state index is 0.0429. The molecule has 2 aromatic carbocycles. The predicted molar refractivity (Wildman–Crippen MR) is 135 cm³/mol. The summed E-state index contributed by atoms with van der Waals surface area (Å²) in [6.45, 7) is 5.95. The van der Waals surface area contributed by atoms with Gasteiger partial charge in [0, 0.05) is 67.9 Å². The van der Waals surface area contributed by atoms with Crippen LogP contribution in [-0.4, -0.2) is 72.2 Å². The summed E-state index contributed by atoms with van der Waals surface area (Å²) in [6.07, 6.45) is 1.00. The molecule has 4 aliphatic heterocycles. The molecule has 194 valence electrons. The van der Waals surface area contributed by atoms with Crippen molar-refractivity contribution in [3.8, 4) is 11.4 Å². The summed E-state index contributed by atoms with van der Waals surface area (Å²) in [5.41, 5.74) is 2.62. The van der Waals surface area contributed by atoms with Crippen molar-refractivity contribution in [3.63, 3.8) is 0 Å². The highest BCUT2D eigenvalue weighted by Gasteiger charge is 2.53. The quantitative estimate of drug-likeness (QED) is 0.512. The molecule has 1 aromatic heterocycles. The van der Waals surface area contributed by atoms with Crippen LogP contribution in [0.15, 0.2) is 30.3 Å². The summed E-state index contributed by atoms with van der Waals surface area (Å²) in [6, 6.07) is 8.67. The Hall–Kier alpha value is -2.95. The predicted octanol–water partition coefficient (Wildman–Crippen LogP) is 3.64. The molecule has 0 aliphatic carbocycles.